The largest absolute Gasteiger partial charge is 0.497 e. The zero-order chi connectivity index (χ0) is 24.0. The Morgan fingerprint density at radius 1 is 1.15 bits per heavy atom. The molecule has 1 aromatic carbocycles. The lowest BCUT2D eigenvalue weighted by molar-refractivity contribution is -0.139. The van der Waals surface area contributed by atoms with Gasteiger partial charge in [0.05, 0.1) is 27.3 Å². The molecule has 0 spiro atoms. The molecule has 4 N–H and O–H groups in total. The molecule has 1 saturated heterocycles. The maximum Gasteiger partial charge on any atom is 0.325 e. The molecular formula is C21H25N5O7. The first kappa shape index (κ1) is 23.6. The summed E-state index contributed by atoms with van der Waals surface area (Å²) in [6.45, 7) is -0.647. The molecule has 12 nitrogen and oxygen atoms in total. The molecule has 1 fully saturated rings. The van der Waals surface area contributed by atoms with Crippen molar-refractivity contribution in [2.75, 3.05) is 33.9 Å². The van der Waals surface area contributed by atoms with E-state index in [9.17, 15) is 19.2 Å². The number of nitrogens with zero attached hydrogens (tertiary/aromatic N) is 2. The number of carbonyl (C=O) groups excluding carboxylic acids is 4. The molecule has 176 valence electrons. The van der Waals surface area contributed by atoms with Gasteiger partial charge in [-0.15, -0.1) is 0 Å². The SMILES string of the molecule is COC(=O)CNC(=O)NCC(=O)N1C[C@H](Oc2nccc3cc(OC)ccc23)C[C@H]1C(N)=O. The van der Waals surface area contributed by atoms with Crippen LogP contribution in [0.25, 0.3) is 10.8 Å². The fourth-order valence-electron chi connectivity index (χ4n) is 3.48. The van der Waals surface area contributed by atoms with Gasteiger partial charge in [-0.25, -0.2) is 9.78 Å². The fourth-order valence-corrected chi connectivity index (χ4v) is 3.48. The number of esters is 1. The highest BCUT2D eigenvalue weighted by Gasteiger charge is 2.40. The minimum atomic E-state index is -0.891. The maximum atomic E-state index is 12.6. The highest BCUT2D eigenvalue weighted by molar-refractivity contribution is 5.91. The van der Waals surface area contributed by atoms with Crippen LogP contribution in [0.3, 0.4) is 0 Å². The minimum Gasteiger partial charge on any atom is -0.497 e. The van der Waals surface area contributed by atoms with Crippen molar-refractivity contribution < 1.29 is 33.4 Å². The van der Waals surface area contributed by atoms with Crippen molar-refractivity contribution in [1.82, 2.24) is 20.5 Å². The molecule has 1 aliphatic rings. The van der Waals surface area contributed by atoms with Gasteiger partial charge < -0.3 is 35.5 Å². The van der Waals surface area contributed by atoms with E-state index in [2.05, 4.69) is 20.4 Å². The Morgan fingerprint density at radius 3 is 2.61 bits per heavy atom. The lowest BCUT2D eigenvalue weighted by Crippen LogP contribution is -2.49. The number of amides is 4. The molecule has 12 heteroatoms. The van der Waals surface area contributed by atoms with Crippen molar-refractivity contribution in [3.63, 3.8) is 0 Å². The second-order valence-corrected chi connectivity index (χ2v) is 7.26. The first-order valence-electron chi connectivity index (χ1n) is 10.1. The molecule has 1 aromatic heterocycles. The van der Waals surface area contributed by atoms with E-state index in [-0.39, 0.29) is 19.5 Å². The quantitative estimate of drug-likeness (QED) is 0.447. The molecule has 3 rings (SSSR count). The Labute approximate surface area is 189 Å². The van der Waals surface area contributed by atoms with E-state index in [1.807, 2.05) is 18.2 Å². The van der Waals surface area contributed by atoms with Crippen molar-refractivity contribution in [2.45, 2.75) is 18.6 Å². The zero-order valence-electron chi connectivity index (χ0n) is 18.2. The fraction of sp³-hybridized carbons (Fsp3) is 0.381. The molecule has 0 aliphatic carbocycles. The lowest BCUT2D eigenvalue weighted by Gasteiger charge is -2.22. The smallest absolute Gasteiger partial charge is 0.325 e. The van der Waals surface area contributed by atoms with Crippen LogP contribution in [-0.4, -0.2) is 79.7 Å². The van der Waals surface area contributed by atoms with Gasteiger partial charge in [-0.3, -0.25) is 14.4 Å². The van der Waals surface area contributed by atoms with Crippen LogP contribution in [0.4, 0.5) is 4.79 Å². The number of fused-ring (bicyclic) bond motifs is 1. The van der Waals surface area contributed by atoms with Crippen molar-refractivity contribution >= 4 is 34.6 Å². The number of carbonyl (C=O) groups is 4. The van der Waals surface area contributed by atoms with Crippen LogP contribution in [-0.2, 0) is 19.1 Å². The van der Waals surface area contributed by atoms with Crippen molar-refractivity contribution in [3.8, 4) is 11.6 Å². The summed E-state index contributed by atoms with van der Waals surface area (Å²) in [4.78, 5) is 52.9. The number of nitrogens with one attached hydrogen (secondary N) is 2. The van der Waals surface area contributed by atoms with E-state index in [0.717, 1.165) is 10.8 Å². The highest BCUT2D eigenvalue weighted by atomic mass is 16.5. The Morgan fingerprint density at radius 2 is 1.91 bits per heavy atom. The average molecular weight is 459 g/mol. The van der Waals surface area contributed by atoms with Gasteiger partial charge in [0.1, 0.15) is 24.4 Å². The molecule has 33 heavy (non-hydrogen) atoms. The van der Waals surface area contributed by atoms with Crippen LogP contribution in [0, 0.1) is 0 Å². The number of ether oxygens (including phenoxy) is 3. The number of nitrogens with two attached hydrogens (primary N) is 1. The maximum absolute atomic E-state index is 12.6. The Hall–Kier alpha value is -4.09. The number of pyridine rings is 1. The molecule has 0 saturated carbocycles. The number of likely N-dealkylation sites (tertiary alicyclic amines) is 1. The predicted molar refractivity (Wildman–Crippen MR) is 115 cm³/mol. The predicted octanol–water partition coefficient (Wildman–Crippen LogP) is -0.451. The number of rotatable bonds is 8. The molecule has 0 bridgehead atoms. The number of methoxy groups -OCH3 is 2. The number of primary amides is 1. The van der Waals surface area contributed by atoms with Crippen molar-refractivity contribution in [3.05, 3.63) is 30.5 Å². The number of aromatic nitrogens is 1. The monoisotopic (exact) mass is 459 g/mol. The number of hydrogen-bond acceptors (Lipinski definition) is 8. The summed E-state index contributed by atoms with van der Waals surface area (Å²) in [6.07, 6.45) is 1.25. The zero-order valence-corrected chi connectivity index (χ0v) is 18.2. The number of benzene rings is 1. The summed E-state index contributed by atoms with van der Waals surface area (Å²) in [5.74, 6) is -0.786. The van der Waals surface area contributed by atoms with E-state index in [1.54, 1.807) is 19.4 Å². The second kappa shape index (κ2) is 10.5. The van der Waals surface area contributed by atoms with Gasteiger partial charge in [-0.1, -0.05) is 0 Å². The topological polar surface area (TPSA) is 162 Å². The first-order chi connectivity index (χ1) is 15.8. The molecule has 1 aliphatic heterocycles. The molecule has 4 amide bonds. The van der Waals surface area contributed by atoms with E-state index in [0.29, 0.717) is 11.6 Å². The highest BCUT2D eigenvalue weighted by Crippen LogP contribution is 2.29. The lowest BCUT2D eigenvalue weighted by atomic mass is 10.1. The third-order valence-electron chi connectivity index (χ3n) is 5.15. The summed E-state index contributed by atoms with van der Waals surface area (Å²) in [7, 11) is 2.76. The summed E-state index contributed by atoms with van der Waals surface area (Å²) >= 11 is 0. The van der Waals surface area contributed by atoms with E-state index < -0.39 is 42.5 Å². The summed E-state index contributed by atoms with van der Waals surface area (Å²) in [5.41, 5.74) is 5.49. The van der Waals surface area contributed by atoms with Crippen LogP contribution in [0.2, 0.25) is 0 Å². The Kier molecular flexibility index (Phi) is 7.49. The van der Waals surface area contributed by atoms with Crippen LogP contribution in [0.5, 0.6) is 11.6 Å². The minimum absolute atomic E-state index is 0.0894. The van der Waals surface area contributed by atoms with Gasteiger partial charge in [-0.05, 0) is 29.7 Å². The van der Waals surface area contributed by atoms with Gasteiger partial charge in [0, 0.05) is 18.0 Å². The second-order valence-electron chi connectivity index (χ2n) is 7.26. The third-order valence-corrected chi connectivity index (χ3v) is 5.15. The van der Waals surface area contributed by atoms with Crippen LogP contribution >= 0.6 is 0 Å². The number of urea groups is 1. The molecular weight excluding hydrogens is 434 g/mol. The third kappa shape index (κ3) is 5.79. The molecule has 2 aromatic rings. The standard InChI is InChI=1S/C21H25N5O7/c1-31-13-3-4-15-12(7-13)5-6-23-20(15)33-14-8-16(19(22)29)26(11-14)17(27)9-24-21(30)25-10-18(28)32-2/h3-7,14,16H,8-11H2,1-2H3,(H2,22,29)(H2,24,25,30)/t14-,16+/m1/s1. The van der Waals surface area contributed by atoms with Gasteiger partial charge >= 0.3 is 12.0 Å². The van der Waals surface area contributed by atoms with Gasteiger partial charge in [-0.2, -0.15) is 0 Å². The number of hydrogen-bond donors (Lipinski definition) is 3. The van der Waals surface area contributed by atoms with Crippen molar-refractivity contribution in [1.29, 1.82) is 0 Å². The van der Waals surface area contributed by atoms with Gasteiger partial charge in [0.2, 0.25) is 17.7 Å². The molecule has 0 unspecified atom stereocenters. The summed E-state index contributed by atoms with van der Waals surface area (Å²) in [5, 5.41) is 6.20. The molecule has 2 heterocycles. The summed E-state index contributed by atoms with van der Waals surface area (Å²) < 4.78 is 15.7. The van der Waals surface area contributed by atoms with Crippen LogP contribution < -0.4 is 25.8 Å². The molecule has 0 radical (unpaired) electrons. The van der Waals surface area contributed by atoms with E-state index in [1.165, 1.54) is 12.0 Å². The first-order valence-corrected chi connectivity index (χ1v) is 10.1. The van der Waals surface area contributed by atoms with E-state index >= 15 is 0 Å². The van der Waals surface area contributed by atoms with Gasteiger partial charge in [0.15, 0.2) is 0 Å². The Bertz CT molecular complexity index is 1060. The van der Waals surface area contributed by atoms with E-state index in [4.69, 9.17) is 15.2 Å². The van der Waals surface area contributed by atoms with Gasteiger partial charge in [0.25, 0.3) is 0 Å². The molecule has 2 atom stereocenters. The van der Waals surface area contributed by atoms with Crippen molar-refractivity contribution in [2.24, 2.45) is 5.73 Å². The Balaban J connectivity index is 1.64. The average Bonchev–Trinajstić information content (AvgIpc) is 3.25. The normalized spacial score (nSPS) is 17.3. The van der Waals surface area contributed by atoms with Crippen LogP contribution in [0.1, 0.15) is 6.42 Å². The van der Waals surface area contributed by atoms with Crippen LogP contribution in [0.15, 0.2) is 30.5 Å². The summed E-state index contributed by atoms with van der Waals surface area (Å²) in [6, 6.07) is 5.64.